The van der Waals surface area contributed by atoms with Crippen LogP contribution >= 0.6 is 0 Å². The van der Waals surface area contributed by atoms with E-state index in [9.17, 15) is 0 Å². The minimum atomic E-state index is 0.0281. The zero-order valence-electron chi connectivity index (χ0n) is 28.2. The summed E-state index contributed by atoms with van der Waals surface area (Å²) in [6.07, 6.45) is 0. The third-order valence-corrected chi connectivity index (χ3v) is 11.5. The van der Waals surface area contributed by atoms with Gasteiger partial charge in [-0.2, -0.15) is 0 Å². The molecule has 3 nitrogen and oxygen atoms in total. The van der Waals surface area contributed by atoms with Crippen LogP contribution < -0.4 is 15.7 Å². The molecule has 0 radical (unpaired) electrons. The lowest BCUT2D eigenvalue weighted by molar-refractivity contribution is 1.17. The molecule has 240 valence electrons. The minimum Gasteiger partial charge on any atom is -0.376 e. The Balaban J connectivity index is 1.27. The molecule has 52 heavy (non-hydrogen) atoms. The lowest BCUT2D eigenvalue weighted by Crippen LogP contribution is -2.59. The number of rotatable bonds is 2. The molecule has 0 unspecified atom stereocenters. The Morgan fingerprint density at radius 2 is 0.846 bits per heavy atom. The van der Waals surface area contributed by atoms with Crippen LogP contribution in [0.3, 0.4) is 0 Å². The van der Waals surface area contributed by atoms with Gasteiger partial charge in [-0.15, -0.1) is 0 Å². The van der Waals surface area contributed by atoms with Gasteiger partial charge in [-0.1, -0.05) is 121 Å². The molecule has 0 bridgehead atoms. The fourth-order valence-electron chi connectivity index (χ4n) is 9.46. The Bertz CT molecular complexity index is 3080. The molecule has 0 spiro atoms. The molecule has 2 aliphatic rings. The number of benzene rings is 8. The smallest absolute Gasteiger partial charge is 0.329 e. The highest BCUT2D eigenvalue weighted by Gasteiger charge is 2.42. The summed E-state index contributed by atoms with van der Waals surface area (Å²) in [5.74, 6) is 0. The molecule has 2 aliphatic heterocycles. The van der Waals surface area contributed by atoms with Crippen molar-refractivity contribution in [3.63, 3.8) is 0 Å². The standard InChI is InChI=1S/C48H30BN3/c1-3-15-31(16-4-1)50-41-24-12-10-22-36(41)47-44(50)27-28-45-48(47)38-29-40-37(30-46(38)51(45)32-17-5-2-6-18-32)35-21-9-14-26-43(35)52-42-25-13-8-20-34(42)33-19-7-11-23-39(33)49(40)52/h1-30H. The Kier molecular flexibility index (Phi) is 5.58. The molecule has 10 aromatic rings. The van der Waals surface area contributed by atoms with Crippen molar-refractivity contribution in [3.05, 3.63) is 182 Å². The quantitative estimate of drug-likeness (QED) is 0.168. The van der Waals surface area contributed by atoms with E-state index in [0.717, 1.165) is 5.69 Å². The van der Waals surface area contributed by atoms with Crippen LogP contribution in [0.4, 0.5) is 11.4 Å². The predicted molar refractivity (Wildman–Crippen MR) is 220 cm³/mol. The molecule has 4 heteroatoms. The first-order valence-electron chi connectivity index (χ1n) is 18.1. The van der Waals surface area contributed by atoms with Crippen molar-refractivity contribution in [1.29, 1.82) is 0 Å². The monoisotopic (exact) mass is 659 g/mol. The van der Waals surface area contributed by atoms with Gasteiger partial charge >= 0.3 is 6.85 Å². The fraction of sp³-hybridized carbons (Fsp3) is 0. The van der Waals surface area contributed by atoms with Gasteiger partial charge < -0.3 is 13.9 Å². The van der Waals surface area contributed by atoms with Crippen LogP contribution in [-0.4, -0.2) is 16.0 Å². The average Bonchev–Trinajstić information content (AvgIpc) is 3.73. The van der Waals surface area contributed by atoms with Crippen molar-refractivity contribution >= 4 is 72.8 Å². The maximum atomic E-state index is 2.59. The Labute approximate surface area is 301 Å². The van der Waals surface area contributed by atoms with E-state index >= 15 is 0 Å². The van der Waals surface area contributed by atoms with Crippen LogP contribution in [0.25, 0.3) is 77.2 Å². The van der Waals surface area contributed by atoms with Gasteiger partial charge in [0, 0.05) is 55.4 Å². The highest BCUT2D eigenvalue weighted by molar-refractivity contribution is 6.92. The van der Waals surface area contributed by atoms with Gasteiger partial charge in [-0.25, -0.2) is 0 Å². The van der Waals surface area contributed by atoms with E-state index in [1.165, 1.54) is 93.9 Å². The van der Waals surface area contributed by atoms with Gasteiger partial charge in [0.25, 0.3) is 0 Å². The molecule has 0 atom stereocenters. The summed E-state index contributed by atoms with van der Waals surface area (Å²) in [6, 6.07) is 67.2. The molecule has 8 aromatic carbocycles. The van der Waals surface area contributed by atoms with Crippen molar-refractivity contribution in [2.45, 2.75) is 0 Å². The van der Waals surface area contributed by atoms with E-state index in [-0.39, 0.29) is 6.85 Å². The molecule has 0 fully saturated rings. The molecule has 0 N–H and O–H groups in total. The Morgan fingerprint density at radius 3 is 1.54 bits per heavy atom. The number of hydrogen-bond acceptors (Lipinski definition) is 1. The first-order valence-corrected chi connectivity index (χ1v) is 18.1. The van der Waals surface area contributed by atoms with Crippen molar-refractivity contribution in [2.75, 3.05) is 4.81 Å². The Hall–Kier alpha value is -6.78. The van der Waals surface area contributed by atoms with Gasteiger partial charge in [-0.3, -0.25) is 0 Å². The van der Waals surface area contributed by atoms with Crippen molar-refractivity contribution in [3.8, 4) is 33.6 Å². The average molecular weight is 660 g/mol. The summed E-state index contributed by atoms with van der Waals surface area (Å²) in [5.41, 5.74) is 17.5. The largest absolute Gasteiger partial charge is 0.376 e. The van der Waals surface area contributed by atoms with E-state index in [0.29, 0.717) is 0 Å². The summed E-state index contributed by atoms with van der Waals surface area (Å²) in [7, 11) is 0. The zero-order valence-corrected chi connectivity index (χ0v) is 28.2. The van der Waals surface area contributed by atoms with E-state index in [1.807, 2.05) is 0 Å². The van der Waals surface area contributed by atoms with E-state index < -0.39 is 0 Å². The van der Waals surface area contributed by atoms with E-state index in [2.05, 4.69) is 196 Å². The summed E-state index contributed by atoms with van der Waals surface area (Å²) < 4.78 is 4.92. The summed E-state index contributed by atoms with van der Waals surface area (Å²) in [5, 5.41) is 5.12. The van der Waals surface area contributed by atoms with Gasteiger partial charge in [0.05, 0.1) is 22.1 Å². The number of aromatic nitrogens is 2. The fourth-order valence-corrected chi connectivity index (χ4v) is 9.46. The second-order valence-electron chi connectivity index (χ2n) is 14.1. The number of nitrogens with zero attached hydrogens (tertiary/aromatic N) is 3. The maximum Gasteiger partial charge on any atom is 0.329 e. The summed E-state index contributed by atoms with van der Waals surface area (Å²) in [6.45, 7) is 0.0281. The molecule has 12 rings (SSSR count). The first kappa shape index (κ1) is 28.0. The lowest BCUT2D eigenvalue weighted by atomic mass is 9.43. The molecule has 2 aromatic heterocycles. The molecule has 0 saturated carbocycles. The molecule has 0 saturated heterocycles. The van der Waals surface area contributed by atoms with Crippen LogP contribution in [0.1, 0.15) is 0 Å². The first-order chi connectivity index (χ1) is 25.8. The topological polar surface area (TPSA) is 13.1 Å². The second kappa shape index (κ2) is 10.4. The normalized spacial score (nSPS) is 12.9. The van der Waals surface area contributed by atoms with E-state index in [4.69, 9.17) is 0 Å². The van der Waals surface area contributed by atoms with Crippen LogP contribution in [0, 0.1) is 0 Å². The van der Waals surface area contributed by atoms with Crippen LogP contribution in [0.2, 0.25) is 0 Å². The zero-order chi connectivity index (χ0) is 33.9. The molecule has 4 heterocycles. The summed E-state index contributed by atoms with van der Waals surface area (Å²) >= 11 is 0. The van der Waals surface area contributed by atoms with E-state index in [1.54, 1.807) is 0 Å². The van der Waals surface area contributed by atoms with Crippen LogP contribution in [-0.2, 0) is 0 Å². The number of anilines is 2. The minimum absolute atomic E-state index is 0.0281. The van der Waals surface area contributed by atoms with Crippen LogP contribution in [0.5, 0.6) is 0 Å². The molecular formula is C48H30BN3. The van der Waals surface area contributed by atoms with Gasteiger partial charge in [-0.05, 0) is 82.7 Å². The van der Waals surface area contributed by atoms with Crippen molar-refractivity contribution in [2.24, 2.45) is 0 Å². The SMILES string of the molecule is c1ccc(-n2c3ccccc3c3c4c5cc6c(cc5n(-c5ccccc5)c4ccc32)-c2ccccc2N2B6c3ccccc3-c3ccccc32)cc1. The van der Waals surface area contributed by atoms with Gasteiger partial charge in [0.2, 0.25) is 0 Å². The number of fused-ring (bicyclic) bond motifs is 18. The maximum absolute atomic E-state index is 2.59. The molecule has 0 amide bonds. The second-order valence-corrected chi connectivity index (χ2v) is 14.1. The van der Waals surface area contributed by atoms with Crippen molar-refractivity contribution < 1.29 is 0 Å². The summed E-state index contributed by atoms with van der Waals surface area (Å²) in [4.78, 5) is 2.59. The van der Waals surface area contributed by atoms with Gasteiger partial charge in [0.15, 0.2) is 0 Å². The third kappa shape index (κ3) is 3.60. The van der Waals surface area contributed by atoms with Gasteiger partial charge in [0.1, 0.15) is 0 Å². The third-order valence-electron chi connectivity index (χ3n) is 11.5. The Morgan fingerprint density at radius 1 is 0.327 bits per heavy atom. The van der Waals surface area contributed by atoms with Crippen LogP contribution in [0.15, 0.2) is 182 Å². The predicted octanol–water partition coefficient (Wildman–Crippen LogP) is 10.8. The molecule has 0 aliphatic carbocycles. The number of para-hydroxylation sites is 5. The highest BCUT2D eigenvalue weighted by Crippen LogP contribution is 2.48. The molecular weight excluding hydrogens is 629 g/mol. The van der Waals surface area contributed by atoms with Crippen molar-refractivity contribution in [1.82, 2.24) is 9.13 Å². The number of hydrogen-bond donors (Lipinski definition) is 0. The lowest BCUT2D eigenvalue weighted by Gasteiger charge is -2.43. The highest BCUT2D eigenvalue weighted by atomic mass is 15.1.